The van der Waals surface area contributed by atoms with E-state index in [-0.39, 0.29) is 11.9 Å². The standard InChI is InChI=1S/C6H11NO2/c1-9-4-5-2-3-6(8)7-5/h5H,2-4H2,1H3,(H,7,8)/t5-/m1/s1. The molecule has 1 heterocycles. The lowest BCUT2D eigenvalue weighted by molar-refractivity contribution is -0.119. The number of methoxy groups -OCH3 is 1. The fraction of sp³-hybridized carbons (Fsp3) is 0.833. The van der Waals surface area contributed by atoms with E-state index < -0.39 is 0 Å². The van der Waals surface area contributed by atoms with Crippen LogP contribution in [-0.4, -0.2) is 25.7 Å². The van der Waals surface area contributed by atoms with Gasteiger partial charge in [0, 0.05) is 13.5 Å². The molecular formula is C6H11NO2. The molecular weight excluding hydrogens is 118 g/mol. The number of nitrogens with one attached hydrogen (secondary N) is 1. The van der Waals surface area contributed by atoms with E-state index in [2.05, 4.69) is 5.32 Å². The predicted octanol–water partition coefficient (Wildman–Crippen LogP) is -0.0886. The summed E-state index contributed by atoms with van der Waals surface area (Å²) in [6.07, 6.45) is 1.58. The van der Waals surface area contributed by atoms with Crippen LogP contribution in [0.4, 0.5) is 0 Å². The molecule has 1 aliphatic rings. The fourth-order valence-corrected chi connectivity index (χ4v) is 1.00. The van der Waals surface area contributed by atoms with Crippen LogP contribution in [0.15, 0.2) is 0 Å². The second-order valence-electron chi connectivity index (χ2n) is 2.26. The summed E-state index contributed by atoms with van der Waals surface area (Å²) in [5.41, 5.74) is 0. The van der Waals surface area contributed by atoms with E-state index in [4.69, 9.17) is 4.74 Å². The minimum Gasteiger partial charge on any atom is -0.383 e. The van der Waals surface area contributed by atoms with Crippen molar-refractivity contribution in [1.29, 1.82) is 0 Å². The topological polar surface area (TPSA) is 38.3 Å². The normalized spacial score (nSPS) is 26.3. The Morgan fingerprint density at radius 1 is 1.89 bits per heavy atom. The number of carbonyl (C=O) groups is 1. The van der Waals surface area contributed by atoms with Crippen molar-refractivity contribution in [3.05, 3.63) is 0 Å². The molecule has 1 atom stereocenters. The van der Waals surface area contributed by atoms with Gasteiger partial charge in [-0.05, 0) is 6.42 Å². The highest BCUT2D eigenvalue weighted by Crippen LogP contribution is 2.05. The van der Waals surface area contributed by atoms with Crippen LogP contribution in [0.3, 0.4) is 0 Å². The molecule has 1 fully saturated rings. The van der Waals surface area contributed by atoms with Gasteiger partial charge in [-0.3, -0.25) is 4.79 Å². The van der Waals surface area contributed by atoms with Crippen molar-refractivity contribution < 1.29 is 9.53 Å². The molecule has 1 N–H and O–H groups in total. The number of hydrogen-bond acceptors (Lipinski definition) is 2. The van der Waals surface area contributed by atoms with Gasteiger partial charge in [-0.1, -0.05) is 0 Å². The highest BCUT2D eigenvalue weighted by molar-refractivity contribution is 5.78. The predicted molar refractivity (Wildman–Crippen MR) is 33.0 cm³/mol. The zero-order chi connectivity index (χ0) is 6.69. The maximum Gasteiger partial charge on any atom is 0.220 e. The van der Waals surface area contributed by atoms with Crippen molar-refractivity contribution in [2.45, 2.75) is 18.9 Å². The molecule has 1 aliphatic heterocycles. The average molecular weight is 129 g/mol. The molecule has 0 saturated carbocycles. The third-order valence-corrected chi connectivity index (χ3v) is 1.45. The van der Waals surface area contributed by atoms with Crippen LogP contribution in [0.5, 0.6) is 0 Å². The fourth-order valence-electron chi connectivity index (χ4n) is 1.00. The molecule has 0 aromatic heterocycles. The Hall–Kier alpha value is -0.570. The molecule has 1 saturated heterocycles. The Morgan fingerprint density at radius 3 is 3.11 bits per heavy atom. The van der Waals surface area contributed by atoms with Gasteiger partial charge in [-0.25, -0.2) is 0 Å². The second-order valence-corrected chi connectivity index (χ2v) is 2.26. The Labute approximate surface area is 54.4 Å². The number of carbonyl (C=O) groups excluding carboxylic acids is 1. The first-order valence-corrected chi connectivity index (χ1v) is 3.11. The molecule has 1 amide bonds. The molecule has 0 spiro atoms. The van der Waals surface area contributed by atoms with Crippen LogP contribution in [0.1, 0.15) is 12.8 Å². The van der Waals surface area contributed by atoms with Crippen molar-refractivity contribution in [3.8, 4) is 0 Å². The first-order chi connectivity index (χ1) is 4.33. The maximum atomic E-state index is 10.6. The maximum absolute atomic E-state index is 10.6. The summed E-state index contributed by atoms with van der Waals surface area (Å²) >= 11 is 0. The molecule has 0 aromatic rings. The van der Waals surface area contributed by atoms with E-state index >= 15 is 0 Å². The van der Waals surface area contributed by atoms with Gasteiger partial charge in [-0.2, -0.15) is 0 Å². The number of ether oxygens (including phenoxy) is 1. The summed E-state index contributed by atoms with van der Waals surface area (Å²) in [7, 11) is 1.64. The average Bonchev–Trinajstić information content (AvgIpc) is 2.17. The molecule has 3 nitrogen and oxygen atoms in total. The number of amides is 1. The summed E-state index contributed by atoms with van der Waals surface area (Å²) in [6.45, 7) is 0.645. The summed E-state index contributed by atoms with van der Waals surface area (Å²) in [6, 6.07) is 0.266. The van der Waals surface area contributed by atoms with Crippen LogP contribution in [-0.2, 0) is 9.53 Å². The molecule has 0 unspecified atom stereocenters. The van der Waals surface area contributed by atoms with Gasteiger partial charge >= 0.3 is 0 Å². The molecule has 52 valence electrons. The Kier molecular flexibility index (Phi) is 2.05. The largest absolute Gasteiger partial charge is 0.383 e. The minimum atomic E-state index is 0.150. The van der Waals surface area contributed by atoms with Gasteiger partial charge < -0.3 is 10.1 Å². The Morgan fingerprint density at radius 2 is 2.67 bits per heavy atom. The SMILES string of the molecule is COC[C@H]1CCC(=O)N1. The monoisotopic (exact) mass is 129 g/mol. The van der Waals surface area contributed by atoms with Crippen LogP contribution >= 0.6 is 0 Å². The molecule has 3 heteroatoms. The van der Waals surface area contributed by atoms with Gasteiger partial charge in [0.15, 0.2) is 0 Å². The third-order valence-electron chi connectivity index (χ3n) is 1.45. The van der Waals surface area contributed by atoms with E-state index in [0.717, 1.165) is 6.42 Å². The molecule has 0 aromatic carbocycles. The van der Waals surface area contributed by atoms with E-state index in [1.165, 1.54) is 0 Å². The molecule has 1 rings (SSSR count). The van der Waals surface area contributed by atoms with Gasteiger partial charge in [0.1, 0.15) is 0 Å². The van der Waals surface area contributed by atoms with Crippen molar-refractivity contribution in [2.24, 2.45) is 0 Å². The highest BCUT2D eigenvalue weighted by atomic mass is 16.5. The van der Waals surface area contributed by atoms with Crippen molar-refractivity contribution >= 4 is 5.91 Å². The second kappa shape index (κ2) is 2.82. The Bertz CT molecular complexity index is 114. The quantitative estimate of drug-likeness (QED) is 0.566. The van der Waals surface area contributed by atoms with Crippen molar-refractivity contribution in [3.63, 3.8) is 0 Å². The Balaban J connectivity index is 2.22. The lowest BCUT2D eigenvalue weighted by Crippen LogP contribution is -2.29. The van der Waals surface area contributed by atoms with Crippen LogP contribution in [0.25, 0.3) is 0 Å². The molecule has 9 heavy (non-hydrogen) atoms. The van der Waals surface area contributed by atoms with E-state index in [1.54, 1.807) is 7.11 Å². The zero-order valence-electron chi connectivity index (χ0n) is 5.52. The first kappa shape index (κ1) is 6.55. The van der Waals surface area contributed by atoms with Crippen molar-refractivity contribution in [1.82, 2.24) is 5.32 Å². The lowest BCUT2D eigenvalue weighted by Gasteiger charge is -2.05. The summed E-state index contributed by atoms with van der Waals surface area (Å²) in [4.78, 5) is 10.6. The van der Waals surface area contributed by atoms with Gasteiger partial charge in [0.2, 0.25) is 5.91 Å². The van der Waals surface area contributed by atoms with Crippen molar-refractivity contribution in [2.75, 3.05) is 13.7 Å². The van der Waals surface area contributed by atoms with E-state index in [9.17, 15) is 4.79 Å². The smallest absolute Gasteiger partial charge is 0.220 e. The third kappa shape index (κ3) is 1.68. The summed E-state index contributed by atoms with van der Waals surface area (Å²) in [5, 5.41) is 2.79. The molecule has 0 radical (unpaired) electrons. The highest BCUT2D eigenvalue weighted by Gasteiger charge is 2.19. The number of rotatable bonds is 2. The van der Waals surface area contributed by atoms with Gasteiger partial charge in [0.25, 0.3) is 0 Å². The lowest BCUT2D eigenvalue weighted by atomic mass is 10.2. The number of hydrogen-bond donors (Lipinski definition) is 1. The van der Waals surface area contributed by atoms with E-state index in [0.29, 0.717) is 13.0 Å². The summed E-state index contributed by atoms with van der Waals surface area (Å²) in [5.74, 6) is 0.150. The molecule has 0 aliphatic carbocycles. The van der Waals surface area contributed by atoms with Crippen LogP contribution in [0, 0.1) is 0 Å². The zero-order valence-corrected chi connectivity index (χ0v) is 5.52. The van der Waals surface area contributed by atoms with Crippen LogP contribution < -0.4 is 5.32 Å². The minimum absolute atomic E-state index is 0.150. The molecule has 0 bridgehead atoms. The van der Waals surface area contributed by atoms with Crippen LogP contribution in [0.2, 0.25) is 0 Å². The van der Waals surface area contributed by atoms with E-state index in [1.807, 2.05) is 0 Å². The van der Waals surface area contributed by atoms with Gasteiger partial charge in [-0.15, -0.1) is 0 Å². The van der Waals surface area contributed by atoms with Gasteiger partial charge in [0.05, 0.1) is 12.6 Å². The summed E-state index contributed by atoms with van der Waals surface area (Å²) < 4.78 is 4.86. The first-order valence-electron chi connectivity index (χ1n) is 3.11.